The molecule has 24 heavy (non-hydrogen) atoms. The summed E-state index contributed by atoms with van der Waals surface area (Å²) in [6.45, 7) is 5.76. The average Bonchev–Trinajstić information content (AvgIpc) is 3.01. The van der Waals surface area contributed by atoms with E-state index < -0.39 is 0 Å². The molecular weight excluding hydrogens is 388 g/mol. The minimum atomic E-state index is 0.161. The van der Waals surface area contributed by atoms with Gasteiger partial charge in [-0.25, -0.2) is 4.98 Å². The summed E-state index contributed by atoms with van der Waals surface area (Å²) in [6, 6.07) is 8.46. The van der Waals surface area contributed by atoms with E-state index in [0.717, 1.165) is 54.4 Å². The van der Waals surface area contributed by atoms with Crippen LogP contribution in [-0.4, -0.2) is 66.0 Å². The van der Waals surface area contributed by atoms with Crippen molar-refractivity contribution in [2.75, 3.05) is 44.2 Å². The van der Waals surface area contributed by atoms with E-state index in [4.69, 9.17) is 0 Å². The van der Waals surface area contributed by atoms with Gasteiger partial charge in [0.15, 0.2) is 0 Å². The number of piperazine rings is 1. The molecule has 4 heterocycles. The molecule has 2 saturated heterocycles. The van der Waals surface area contributed by atoms with Crippen molar-refractivity contribution in [2.45, 2.75) is 6.04 Å². The summed E-state index contributed by atoms with van der Waals surface area (Å²) < 4.78 is 0.985. The molecule has 7 heteroatoms. The molecule has 0 radical (unpaired) electrons. The van der Waals surface area contributed by atoms with Crippen molar-refractivity contribution in [2.24, 2.45) is 0 Å². The lowest BCUT2D eigenvalue weighted by Gasteiger charge is -2.48. The summed E-state index contributed by atoms with van der Waals surface area (Å²) in [6.07, 6.45) is 1.85. The lowest BCUT2D eigenvalue weighted by Crippen LogP contribution is -2.64. The van der Waals surface area contributed by atoms with Gasteiger partial charge in [-0.15, -0.1) is 11.3 Å². The first-order valence-corrected chi connectivity index (χ1v) is 9.81. The summed E-state index contributed by atoms with van der Waals surface area (Å²) in [5.41, 5.74) is 0. The maximum atomic E-state index is 12.4. The lowest BCUT2D eigenvalue weighted by atomic mass is 10.1. The number of nitrogens with zero attached hydrogens (tertiary/aromatic N) is 4. The molecule has 0 unspecified atom stereocenters. The summed E-state index contributed by atoms with van der Waals surface area (Å²) in [7, 11) is 0. The highest BCUT2D eigenvalue weighted by molar-refractivity contribution is 9.10. The molecule has 5 nitrogen and oxygen atoms in total. The number of thiophene rings is 1. The predicted octanol–water partition coefficient (Wildman–Crippen LogP) is 2.55. The van der Waals surface area contributed by atoms with Crippen molar-refractivity contribution in [1.29, 1.82) is 0 Å². The van der Waals surface area contributed by atoms with E-state index in [1.807, 2.05) is 34.7 Å². The number of amides is 1. The molecule has 2 aliphatic rings. The molecule has 126 valence electrons. The molecule has 2 fully saturated rings. The van der Waals surface area contributed by atoms with Crippen molar-refractivity contribution in [3.63, 3.8) is 0 Å². The fourth-order valence-corrected chi connectivity index (χ4v) is 4.68. The number of likely N-dealkylation sites (tertiary alicyclic amines) is 1. The van der Waals surface area contributed by atoms with Gasteiger partial charge in [-0.1, -0.05) is 6.07 Å². The van der Waals surface area contributed by atoms with E-state index >= 15 is 0 Å². The van der Waals surface area contributed by atoms with Crippen LogP contribution in [0.15, 0.2) is 40.3 Å². The topological polar surface area (TPSA) is 39.7 Å². The number of anilines is 1. The van der Waals surface area contributed by atoms with E-state index in [2.05, 4.69) is 36.8 Å². The Morgan fingerprint density at radius 3 is 2.62 bits per heavy atom. The molecule has 2 aromatic rings. The zero-order chi connectivity index (χ0) is 16.5. The number of hydrogen-bond acceptors (Lipinski definition) is 5. The van der Waals surface area contributed by atoms with E-state index in [1.165, 1.54) is 11.3 Å². The zero-order valence-corrected chi connectivity index (χ0v) is 15.7. The first-order chi connectivity index (χ1) is 11.7. The SMILES string of the molecule is O=C(c1cc(Br)cs1)N1CC(N2CCN(c3ccccn3)CC2)C1. The monoisotopic (exact) mass is 406 g/mol. The van der Waals surface area contributed by atoms with Crippen LogP contribution in [0.25, 0.3) is 0 Å². The first kappa shape index (κ1) is 16.1. The van der Waals surface area contributed by atoms with E-state index in [1.54, 1.807) is 0 Å². The largest absolute Gasteiger partial charge is 0.354 e. The molecule has 2 aliphatic heterocycles. The normalized spacial score (nSPS) is 19.4. The Morgan fingerprint density at radius 1 is 1.21 bits per heavy atom. The van der Waals surface area contributed by atoms with Gasteiger partial charge in [0.1, 0.15) is 5.82 Å². The Hall–Kier alpha value is -1.44. The number of rotatable bonds is 3. The molecular formula is C17H19BrN4OS. The average molecular weight is 407 g/mol. The standard InChI is InChI=1S/C17H19BrN4OS/c18-13-9-15(24-12-13)17(23)22-10-14(11-22)20-5-7-21(8-6-20)16-3-1-2-4-19-16/h1-4,9,12,14H,5-8,10-11H2. The first-order valence-electron chi connectivity index (χ1n) is 8.14. The Morgan fingerprint density at radius 2 is 2.00 bits per heavy atom. The Labute approximate surface area is 154 Å². The number of halogens is 1. The van der Waals surface area contributed by atoms with Crippen molar-refractivity contribution in [3.8, 4) is 0 Å². The van der Waals surface area contributed by atoms with E-state index in [9.17, 15) is 4.79 Å². The second-order valence-corrected chi connectivity index (χ2v) is 8.03. The number of carbonyl (C=O) groups is 1. The van der Waals surface area contributed by atoms with Gasteiger partial charge in [0.05, 0.1) is 4.88 Å². The van der Waals surface area contributed by atoms with Crippen LogP contribution in [0.4, 0.5) is 5.82 Å². The van der Waals surface area contributed by atoms with Crippen LogP contribution >= 0.6 is 27.3 Å². The second-order valence-electron chi connectivity index (χ2n) is 6.20. The Bertz CT molecular complexity index is 708. The quantitative estimate of drug-likeness (QED) is 0.784. The fraction of sp³-hybridized carbons (Fsp3) is 0.412. The molecule has 0 aliphatic carbocycles. The second kappa shape index (κ2) is 6.82. The molecule has 1 amide bonds. The van der Waals surface area contributed by atoms with Crippen LogP contribution in [0.3, 0.4) is 0 Å². The van der Waals surface area contributed by atoms with E-state index in [-0.39, 0.29) is 5.91 Å². The number of hydrogen-bond donors (Lipinski definition) is 0. The molecule has 0 N–H and O–H groups in total. The third-order valence-electron chi connectivity index (χ3n) is 4.73. The summed E-state index contributed by atoms with van der Waals surface area (Å²) in [5, 5.41) is 1.96. The van der Waals surface area contributed by atoms with Gasteiger partial charge in [-0.05, 0) is 34.1 Å². The third kappa shape index (κ3) is 3.20. The maximum Gasteiger partial charge on any atom is 0.264 e. The van der Waals surface area contributed by atoms with Crippen LogP contribution < -0.4 is 4.90 Å². The van der Waals surface area contributed by atoms with Crippen molar-refractivity contribution in [1.82, 2.24) is 14.8 Å². The van der Waals surface area contributed by atoms with Gasteiger partial charge in [-0.3, -0.25) is 9.69 Å². The molecule has 4 rings (SSSR count). The van der Waals surface area contributed by atoms with Crippen LogP contribution in [0, 0.1) is 0 Å². The third-order valence-corrected chi connectivity index (χ3v) is 6.41. The fourth-order valence-electron chi connectivity index (χ4n) is 3.29. The molecule has 0 saturated carbocycles. The minimum Gasteiger partial charge on any atom is -0.354 e. The Kier molecular flexibility index (Phi) is 4.56. The summed E-state index contributed by atoms with van der Waals surface area (Å²) >= 11 is 4.92. The maximum absolute atomic E-state index is 12.4. The Balaban J connectivity index is 1.27. The number of aromatic nitrogens is 1. The van der Waals surface area contributed by atoms with Gasteiger partial charge in [0.25, 0.3) is 5.91 Å². The number of pyridine rings is 1. The lowest BCUT2D eigenvalue weighted by molar-refractivity contribution is 0.0250. The van der Waals surface area contributed by atoms with Crippen LogP contribution in [0.1, 0.15) is 9.67 Å². The van der Waals surface area contributed by atoms with Gasteiger partial charge in [0.2, 0.25) is 0 Å². The van der Waals surface area contributed by atoms with Crippen molar-refractivity contribution < 1.29 is 4.79 Å². The molecule has 2 aromatic heterocycles. The minimum absolute atomic E-state index is 0.161. The van der Waals surface area contributed by atoms with Gasteiger partial charge >= 0.3 is 0 Å². The highest BCUT2D eigenvalue weighted by atomic mass is 79.9. The van der Waals surface area contributed by atoms with Gasteiger partial charge in [-0.2, -0.15) is 0 Å². The van der Waals surface area contributed by atoms with Crippen LogP contribution in [0.2, 0.25) is 0 Å². The summed E-state index contributed by atoms with van der Waals surface area (Å²) in [4.78, 5) is 24.4. The molecule has 0 aromatic carbocycles. The smallest absolute Gasteiger partial charge is 0.264 e. The van der Waals surface area contributed by atoms with Gasteiger partial charge in [0, 0.05) is 61.4 Å². The number of carbonyl (C=O) groups excluding carboxylic acids is 1. The van der Waals surface area contributed by atoms with Crippen molar-refractivity contribution >= 4 is 39.0 Å². The van der Waals surface area contributed by atoms with E-state index in [0.29, 0.717) is 6.04 Å². The molecule has 0 spiro atoms. The summed E-state index contributed by atoms with van der Waals surface area (Å²) in [5.74, 6) is 1.22. The zero-order valence-electron chi connectivity index (χ0n) is 13.3. The molecule has 0 bridgehead atoms. The predicted molar refractivity (Wildman–Crippen MR) is 99.7 cm³/mol. The molecule has 0 atom stereocenters. The van der Waals surface area contributed by atoms with Crippen LogP contribution in [-0.2, 0) is 0 Å². The highest BCUT2D eigenvalue weighted by Crippen LogP contribution is 2.25. The van der Waals surface area contributed by atoms with Crippen LogP contribution in [0.5, 0.6) is 0 Å². The highest BCUT2D eigenvalue weighted by Gasteiger charge is 2.36. The van der Waals surface area contributed by atoms with Crippen molar-refractivity contribution in [3.05, 3.63) is 45.2 Å². The van der Waals surface area contributed by atoms with Gasteiger partial charge < -0.3 is 9.80 Å².